The lowest BCUT2D eigenvalue weighted by atomic mass is 10.0. The summed E-state index contributed by atoms with van der Waals surface area (Å²) in [5.74, 6) is 1.39. The number of carbonyl (C=O) groups excluding carboxylic acids is 2. The Hall–Kier alpha value is -2.08. The Kier molecular flexibility index (Phi) is 7.45. The Labute approximate surface area is 156 Å². The number of rotatable bonds is 9. The molecule has 0 radical (unpaired) electrons. The summed E-state index contributed by atoms with van der Waals surface area (Å²) in [5, 5.41) is 2.85. The quantitative estimate of drug-likeness (QED) is 0.662. The summed E-state index contributed by atoms with van der Waals surface area (Å²) < 4.78 is 5.76. The van der Waals surface area contributed by atoms with Crippen molar-refractivity contribution in [1.82, 2.24) is 4.90 Å². The molecule has 1 unspecified atom stereocenters. The molecule has 0 fully saturated rings. The third-order valence-corrected chi connectivity index (χ3v) is 4.86. The first-order chi connectivity index (χ1) is 12.4. The molecule has 1 aromatic carbocycles. The van der Waals surface area contributed by atoms with E-state index < -0.39 is 0 Å². The van der Waals surface area contributed by atoms with Crippen molar-refractivity contribution >= 4 is 17.5 Å². The van der Waals surface area contributed by atoms with E-state index in [1.54, 1.807) is 4.90 Å². The van der Waals surface area contributed by atoms with E-state index in [2.05, 4.69) is 19.2 Å². The monoisotopic (exact) mass is 361 g/mol. The van der Waals surface area contributed by atoms with Crippen LogP contribution in [-0.4, -0.2) is 43.0 Å². The first-order valence-corrected chi connectivity index (χ1v) is 9.42. The molecule has 1 aliphatic heterocycles. The van der Waals surface area contributed by atoms with Gasteiger partial charge in [0.2, 0.25) is 11.8 Å². The van der Waals surface area contributed by atoms with E-state index in [9.17, 15) is 9.59 Å². The van der Waals surface area contributed by atoms with Gasteiger partial charge in [-0.15, -0.1) is 0 Å². The molecule has 3 N–H and O–H groups in total. The Balaban J connectivity index is 1.68. The van der Waals surface area contributed by atoms with Crippen LogP contribution in [0, 0.1) is 5.92 Å². The fraction of sp³-hybridized carbons (Fsp3) is 0.600. The Morgan fingerprint density at radius 1 is 1.35 bits per heavy atom. The summed E-state index contributed by atoms with van der Waals surface area (Å²) in [6.07, 6.45) is 3.21. The summed E-state index contributed by atoms with van der Waals surface area (Å²) in [5.41, 5.74) is 7.99. The zero-order valence-corrected chi connectivity index (χ0v) is 16.1. The highest BCUT2D eigenvalue weighted by Gasteiger charge is 2.15. The number of amides is 2. The normalized spacial score (nSPS) is 14.6. The average molecular weight is 361 g/mol. The first-order valence-electron chi connectivity index (χ1n) is 9.42. The topological polar surface area (TPSA) is 84.7 Å². The van der Waals surface area contributed by atoms with Gasteiger partial charge in [-0.1, -0.05) is 13.8 Å². The smallest absolute Gasteiger partial charge is 0.224 e. The minimum absolute atomic E-state index is 0.0585. The Morgan fingerprint density at radius 3 is 2.85 bits per heavy atom. The molecule has 0 saturated heterocycles. The fourth-order valence-electron chi connectivity index (χ4n) is 2.85. The molecular weight excluding hydrogens is 330 g/mol. The standard InChI is InChI=1S/C20H31N3O3/c1-14(2)17(21)10-11-23(3)20(25)5-4-12-26-16-7-8-18-15(13-16)6-9-19(24)22-18/h7-8,13-14,17H,4-6,9-12,21H2,1-3H3,(H,22,24). The van der Waals surface area contributed by atoms with Gasteiger partial charge in [0, 0.05) is 38.2 Å². The molecule has 6 nitrogen and oxygen atoms in total. The number of nitrogens with zero attached hydrogens (tertiary/aromatic N) is 1. The largest absolute Gasteiger partial charge is 0.494 e. The number of carbonyl (C=O) groups is 2. The van der Waals surface area contributed by atoms with E-state index in [0.29, 0.717) is 38.3 Å². The van der Waals surface area contributed by atoms with Crippen molar-refractivity contribution in [1.29, 1.82) is 0 Å². The number of hydrogen-bond acceptors (Lipinski definition) is 4. The maximum Gasteiger partial charge on any atom is 0.224 e. The molecule has 26 heavy (non-hydrogen) atoms. The second-order valence-electron chi connectivity index (χ2n) is 7.33. The maximum absolute atomic E-state index is 12.1. The van der Waals surface area contributed by atoms with E-state index in [-0.39, 0.29) is 17.9 Å². The SMILES string of the molecule is CC(C)C(N)CCN(C)C(=O)CCCOc1ccc2c(c1)CCC(=O)N2. The van der Waals surface area contributed by atoms with Crippen molar-refractivity contribution in [3.05, 3.63) is 23.8 Å². The number of aryl methyl sites for hydroxylation is 1. The highest BCUT2D eigenvalue weighted by atomic mass is 16.5. The summed E-state index contributed by atoms with van der Waals surface area (Å²) in [6, 6.07) is 5.82. The Morgan fingerprint density at radius 2 is 2.12 bits per heavy atom. The van der Waals surface area contributed by atoms with Crippen molar-refractivity contribution < 1.29 is 14.3 Å². The lowest BCUT2D eigenvalue weighted by Crippen LogP contribution is -2.34. The molecule has 0 aliphatic carbocycles. The molecule has 1 aromatic rings. The average Bonchev–Trinajstić information content (AvgIpc) is 2.62. The number of nitrogens with two attached hydrogens (primary N) is 1. The van der Waals surface area contributed by atoms with Gasteiger partial charge in [0.1, 0.15) is 5.75 Å². The van der Waals surface area contributed by atoms with Crippen LogP contribution in [0.4, 0.5) is 5.69 Å². The molecule has 1 aliphatic rings. The fourth-order valence-corrected chi connectivity index (χ4v) is 2.85. The van der Waals surface area contributed by atoms with Gasteiger partial charge < -0.3 is 20.7 Å². The summed E-state index contributed by atoms with van der Waals surface area (Å²) in [7, 11) is 1.83. The molecule has 0 saturated carbocycles. The van der Waals surface area contributed by atoms with E-state index >= 15 is 0 Å². The second-order valence-corrected chi connectivity index (χ2v) is 7.33. The van der Waals surface area contributed by atoms with Crippen LogP contribution in [0.5, 0.6) is 5.75 Å². The van der Waals surface area contributed by atoms with Gasteiger partial charge in [-0.2, -0.15) is 0 Å². The minimum Gasteiger partial charge on any atom is -0.494 e. The van der Waals surface area contributed by atoms with Crippen LogP contribution < -0.4 is 15.8 Å². The molecule has 6 heteroatoms. The minimum atomic E-state index is 0.0585. The number of benzene rings is 1. The number of anilines is 1. The number of nitrogens with one attached hydrogen (secondary N) is 1. The zero-order chi connectivity index (χ0) is 19.1. The van der Waals surface area contributed by atoms with Crippen LogP contribution in [0.1, 0.15) is 45.1 Å². The number of ether oxygens (including phenoxy) is 1. The summed E-state index contributed by atoms with van der Waals surface area (Å²) in [4.78, 5) is 25.3. The zero-order valence-electron chi connectivity index (χ0n) is 16.1. The number of hydrogen-bond donors (Lipinski definition) is 2. The van der Waals surface area contributed by atoms with Crippen LogP contribution in [-0.2, 0) is 16.0 Å². The van der Waals surface area contributed by atoms with E-state index in [4.69, 9.17) is 10.5 Å². The Bertz CT molecular complexity index is 631. The number of fused-ring (bicyclic) bond motifs is 1. The van der Waals surface area contributed by atoms with Crippen LogP contribution >= 0.6 is 0 Å². The van der Waals surface area contributed by atoms with Gasteiger partial charge in [-0.25, -0.2) is 0 Å². The van der Waals surface area contributed by atoms with Crippen molar-refractivity contribution in [3.8, 4) is 5.75 Å². The van der Waals surface area contributed by atoms with Crippen LogP contribution in [0.2, 0.25) is 0 Å². The summed E-state index contributed by atoms with van der Waals surface area (Å²) >= 11 is 0. The summed E-state index contributed by atoms with van der Waals surface area (Å²) in [6.45, 7) is 5.38. The molecule has 144 valence electrons. The molecule has 2 rings (SSSR count). The third-order valence-electron chi connectivity index (χ3n) is 4.86. The molecule has 2 amide bonds. The van der Waals surface area contributed by atoms with Gasteiger partial charge in [0.25, 0.3) is 0 Å². The lowest BCUT2D eigenvalue weighted by molar-refractivity contribution is -0.130. The van der Waals surface area contributed by atoms with Crippen molar-refractivity contribution in [2.75, 3.05) is 25.5 Å². The van der Waals surface area contributed by atoms with Crippen LogP contribution in [0.25, 0.3) is 0 Å². The maximum atomic E-state index is 12.1. The van der Waals surface area contributed by atoms with Crippen molar-refractivity contribution in [2.24, 2.45) is 11.7 Å². The van der Waals surface area contributed by atoms with Gasteiger partial charge in [0.15, 0.2) is 0 Å². The van der Waals surface area contributed by atoms with Gasteiger partial charge in [-0.05, 0) is 48.9 Å². The molecule has 0 spiro atoms. The predicted octanol–water partition coefficient (Wildman–Crippen LogP) is 2.56. The van der Waals surface area contributed by atoms with Gasteiger partial charge in [0.05, 0.1) is 6.61 Å². The highest BCUT2D eigenvalue weighted by molar-refractivity contribution is 5.94. The van der Waals surface area contributed by atoms with Crippen molar-refractivity contribution in [2.45, 2.75) is 52.0 Å². The molecule has 1 heterocycles. The first kappa shape index (κ1) is 20.2. The van der Waals surface area contributed by atoms with Gasteiger partial charge >= 0.3 is 0 Å². The molecule has 0 aromatic heterocycles. The van der Waals surface area contributed by atoms with E-state index in [1.807, 2.05) is 25.2 Å². The van der Waals surface area contributed by atoms with Crippen molar-refractivity contribution in [3.63, 3.8) is 0 Å². The lowest BCUT2D eigenvalue weighted by Gasteiger charge is -2.21. The van der Waals surface area contributed by atoms with Crippen LogP contribution in [0.15, 0.2) is 18.2 Å². The second kappa shape index (κ2) is 9.57. The third kappa shape index (κ3) is 6.02. The van der Waals surface area contributed by atoms with Gasteiger partial charge in [-0.3, -0.25) is 9.59 Å². The highest BCUT2D eigenvalue weighted by Crippen LogP contribution is 2.26. The van der Waals surface area contributed by atoms with Crippen LogP contribution in [0.3, 0.4) is 0 Å². The van der Waals surface area contributed by atoms with E-state index in [0.717, 1.165) is 29.8 Å². The molecular formula is C20H31N3O3. The molecule has 0 bridgehead atoms. The predicted molar refractivity (Wildman–Crippen MR) is 103 cm³/mol. The van der Waals surface area contributed by atoms with E-state index in [1.165, 1.54) is 0 Å². The molecule has 1 atom stereocenters.